The van der Waals surface area contributed by atoms with E-state index in [0.29, 0.717) is 29.3 Å². The molecule has 0 aliphatic carbocycles. The van der Waals surface area contributed by atoms with Crippen molar-refractivity contribution in [1.82, 2.24) is 15.5 Å². The Bertz CT molecular complexity index is 971. The van der Waals surface area contributed by atoms with E-state index in [1.165, 1.54) is 12.1 Å². The van der Waals surface area contributed by atoms with E-state index in [2.05, 4.69) is 43.4 Å². The first-order valence-corrected chi connectivity index (χ1v) is 11.3. The number of hydrogen-bond donors (Lipinski definition) is 2. The summed E-state index contributed by atoms with van der Waals surface area (Å²) in [5, 5.41) is 16.4. The largest absolute Gasteiger partial charge is 0.378 e. The molecular weight excluding hydrogens is 418 g/mol. The van der Waals surface area contributed by atoms with Gasteiger partial charge in [-0.05, 0) is 56.4 Å². The highest BCUT2D eigenvalue weighted by Crippen LogP contribution is 2.29. The second-order valence-corrected chi connectivity index (χ2v) is 8.17. The molecule has 2 N–H and O–H groups in total. The number of benzene rings is 1. The normalized spacial score (nSPS) is 20.2. The lowest BCUT2D eigenvalue weighted by atomic mass is 9.89. The number of nitrogens with zero attached hydrogens (tertiary/aromatic N) is 2. The van der Waals surface area contributed by atoms with Gasteiger partial charge in [0.2, 0.25) is 0 Å². The molecule has 0 spiro atoms. The smallest absolute Gasteiger partial charge is 0.131 e. The molecule has 1 aliphatic heterocycles. The summed E-state index contributed by atoms with van der Waals surface area (Å²) in [5.74, 6) is -0.949. The van der Waals surface area contributed by atoms with Crippen LogP contribution in [-0.2, 0) is 0 Å². The van der Waals surface area contributed by atoms with Crippen molar-refractivity contribution >= 4 is 0 Å². The van der Waals surface area contributed by atoms with Crippen LogP contribution < -0.4 is 10.6 Å². The summed E-state index contributed by atoms with van der Waals surface area (Å²) in [6.45, 7) is 18.4. The molecule has 2 rings (SSSR count). The minimum Gasteiger partial charge on any atom is -0.378 e. The molecule has 0 aromatic heterocycles. The molecule has 1 aliphatic rings. The van der Waals surface area contributed by atoms with Crippen LogP contribution in [0.25, 0.3) is 0 Å². The Morgan fingerprint density at radius 1 is 1.39 bits per heavy atom. The summed E-state index contributed by atoms with van der Waals surface area (Å²) in [6.07, 6.45) is 8.49. The molecule has 1 aromatic carbocycles. The molecule has 6 heteroatoms. The Hall–Kier alpha value is -3.17. The minimum atomic E-state index is -0.648. The van der Waals surface area contributed by atoms with Crippen LogP contribution in [0.3, 0.4) is 0 Å². The molecule has 0 radical (unpaired) electrons. The molecule has 1 fully saturated rings. The van der Waals surface area contributed by atoms with E-state index in [-0.39, 0.29) is 0 Å². The van der Waals surface area contributed by atoms with Crippen molar-refractivity contribution in [2.24, 2.45) is 5.92 Å². The van der Waals surface area contributed by atoms with Gasteiger partial charge in [0.05, 0.1) is 11.6 Å². The number of nitrogens with one attached hydrogen (secondary N) is 2. The maximum Gasteiger partial charge on any atom is 0.131 e. The van der Waals surface area contributed by atoms with Crippen molar-refractivity contribution in [3.63, 3.8) is 0 Å². The monoisotopic (exact) mass is 452 g/mol. The Labute approximate surface area is 196 Å². The van der Waals surface area contributed by atoms with E-state index in [4.69, 9.17) is 0 Å². The molecule has 1 heterocycles. The van der Waals surface area contributed by atoms with E-state index in [9.17, 15) is 14.0 Å². The highest BCUT2D eigenvalue weighted by atomic mass is 19.1. The zero-order chi connectivity index (χ0) is 24.4. The van der Waals surface area contributed by atoms with Gasteiger partial charge in [-0.2, -0.15) is 5.26 Å². The highest BCUT2D eigenvalue weighted by molar-refractivity contribution is 5.42. The molecular formula is C27H34F2N4. The van der Waals surface area contributed by atoms with Gasteiger partial charge in [0.1, 0.15) is 17.7 Å². The number of halogens is 2. The van der Waals surface area contributed by atoms with Gasteiger partial charge in [-0.25, -0.2) is 8.78 Å². The fourth-order valence-corrected chi connectivity index (χ4v) is 3.98. The molecule has 4 nitrogen and oxygen atoms in total. The average Bonchev–Trinajstić information content (AvgIpc) is 2.78. The molecule has 0 amide bonds. The fraction of sp³-hybridized carbons (Fsp3) is 0.370. The molecule has 2 atom stereocenters. The predicted molar refractivity (Wildman–Crippen MR) is 131 cm³/mol. The highest BCUT2D eigenvalue weighted by Gasteiger charge is 2.21. The first-order valence-electron chi connectivity index (χ1n) is 11.3. The van der Waals surface area contributed by atoms with Crippen molar-refractivity contribution in [2.75, 3.05) is 19.6 Å². The first-order chi connectivity index (χ1) is 15.8. The number of hydrogen-bond acceptors (Lipinski definition) is 4. The third-order valence-corrected chi connectivity index (χ3v) is 5.89. The second kappa shape index (κ2) is 12.8. The third kappa shape index (κ3) is 7.16. The summed E-state index contributed by atoms with van der Waals surface area (Å²) in [4.78, 5) is 2.00. The van der Waals surface area contributed by atoms with E-state index in [1.807, 2.05) is 11.0 Å². The Morgan fingerprint density at radius 3 is 2.79 bits per heavy atom. The van der Waals surface area contributed by atoms with E-state index < -0.39 is 17.7 Å². The summed E-state index contributed by atoms with van der Waals surface area (Å²) in [6, 6.07) is 5.14. The molecule has 1 saturated heterocycles. The zero-order valence-electron chi connectivity index (χ0n) is 19.6. The number of rotatable bonds is 7. The summed E-state index contributed by atoms with van der Waals surface area (Å²) in [5.41, 5.74) is 2.91. The third-order valence-electron chi connectivity index (χ3n) is 5.89. The minimum absolute atomic E-state index is 0.296. The molecule has 33 heavy (non-hydrogen) atoms. The van der Waals surface area contributed by atoms with Gasteiger partial charge >= 0.3 is 0 Å². The first kappa shape index (κ1) is 26.1. The van der Waals surface area contributed by atoms with Gasteiger partial charge in [-0.15, -0.1) is 0 Å². The summed E-state index contributed by atoms with van der Waals surface area (Å²) < 4.78 is 27.4. The number of nitriles is 1. The van der Waals surface area contributed by atoms with Crippen molar-refractivity contribution in [3.8, 4) is 6.07 Å². The standard InChI is InChI=1S/C27H34F2N4/c1-6-9-27-19(3)22(7-2)10-8-13-31-14-15-33(27)18-23(17-30)20(4)32-21(5)25-12-11-24(28)16-26(25)29/h6,9,11-12,16,18,21-22,31-32H,1,3-4,7-8,10,13-15H2,2,5H3/b23-18+,27-9-. The second-order valence-electron chi connectivity index (χ2n) is 8.17. The van der Waals surface area contributed by atoms with Crippen LogP contribution in [0.5, 0.6) is 0 Å². The summed E-state index contributed by atoms with van der Waals surface area (Å²) in [7, 11) is 0. The molecule has 0 saturated carbocycles. The quantitative estimate of drug-likeness (QED) is 0.401. The molecule has 1 aromatic rings. The zero-order valence-corrected chi connectivity index (χ0v) is 19.6. The lowest BCUT2D eigenvalue weighted by molar-refractivity contribution is 0.405. The lowest BCUT2D eigenvalue weighted by Crippen LogP contribution is -2.32. The van der Waals surface area contributed by atoms with Gasteiger partial charge in [0, 0.05) is 42.3 Å². The Balaban J connectivity index is 2.33. The van der Waals surface area contributed by atoms with Gasteiger partial charge in [-0.3, -0.25) is 0 Å². The molecule has 2 unspecified atom stereocenters. The van der Waals surface area contributed by atoms with Gasteiger partial charge in [0.25, 0.3) is 0 Å². The number of allylic oxidation sites excluding steroid dienone is 4. The average molecular weight is 453 g/mol. The van der Waals surface area contributed by atoms with Crippen LogP contribution in [0.4, 0.5) is 8.78 Å². The van der Waals surface area contributed by atoms with Crippen molar-refractivity contribution < 1.29 is 8.78 Å². The van der Waals surface area contributed by atoms with E-state index in [0.717, 1.165) is 49.7 Å². The summed E-state index contributed by atoms with van der Waals surface area (Å²) >= 11 is 0. The van der Waals surface area contributed by atoms with Crippen LogP contribution in [0, 0.1) is 28.9 Å². The van der Waals surface area contributed by atoms with Gasteiger partial charge < -0.3 is 15.5 Å². The van der Waals surface area contributed by atoms with E-state index in [1.54, 1.807) is 19.2 Å². The van der Waals surface area contributed by atoms with Gasteiger partial charge in [0.15, 0.2) is 0 Å². The lowest BCUT2D eigenvalue weighted by Gasteiger charge is -2.31. The van der Waals surface area contributed by atoms with Crippen molar-refractivity contribution in [1.29, 1.82) is 5.26 Å². The van der Waals surface area contributed by atoms with Crippen molar-refractivity contribution in [3.05, 3.63) is 96.0 Å². The molecule has 176 valence electrons. The maximum atomic E-state index is 14.2. The SMILES string of the molecule is C=C/C=C1/C(=C)C(CC)CCCNCCN1/C=C(\C#N)C(=C)NC(C)c1ccc(F)cc1F. The van der Waals surface area contributed by atoms with Crippen LogP contribution in [-0.4, -0.2) is 24.5 Å². The van der Waals surface area contributed by atoms with Crippen LogP contribution >= 0.6 is 0 Å². The van der Waals surface area contributed by atoms with Crippen LogP contribution in [0.2, 0.25) is 0 Å². The topological polar surface area (TPSA) is 51.1 Å². The fourth-order valence-electron chi connectivity index (χ4n) is 3.98. The predicted octanol–water partition coefficient (Wildman–Crippen LogP) is 5.87. The molecule has 0 bridgehead atoms. The Morgan fingerprint density at radius 2 is 2.15 bits per heavy atom. The Kier molecular flexibility index (Phi) is 10.1. The van der Waals surface area contributed by atoms with Crippen LogP contribution in [0.15, 0.2) is 78.8 Å². The van der Waals surface area contributed by atoms with Gasteiger partial charge in [-0.1, -0.05) is 38.8 Å². The van der Waals surface area contributed by atoms with Crippen LogP contribution in [0.1, 0.15) is 44.7 Å². The maximum absolute atomic E-state index is 14.2. The van der Waals surface area contributed by atoms with Crippen molar-refractivity contribution in [2.45, 2.75) is 39.2 Å². The van der Waals surface area contributed by atoms with E-state index >= 15 is 0 Å².